The Morgan fingerprint density at radius 1 is 1.07 bits per heavy atom. The summed E-state index contributed by atoms with van der Waals surface area (Å²) in [5.74, 6) is 0. The number of likely N-dealkylation sites (N-methyl/N-ethyl adjacent to an activating group) is 2. The van der Waals surface area contributed by atoms with Crippen LogP contribution in [0.1, 0.15) is 13.8 Å². The first-order chi connectivity index (χ1) is 6.41. The van der Waals surface area contributed by atoms with Crippen molar-refractivity contribution in [3.05, 3.63) is 0 Å². The number of halogens is 3. The Hall–Kier alpha value is -0.290. The highest BCUT2D eigenvalue weighted by molar-refractivity contribution is 4.83. The van der Waals surface area contributed by atoms with Gasteiger partial charge in [-0.05, 0) is 14.1 Å². The van der Waals surface area contributed by atoms with Gasteiger partial charge in [0.25, 0.3) is 0 Å². The lowest BCUT2D eigenvalue weighted by Crippen LogP contribution is -2.56. The fraction of sp³-hybridized carbons (Fsp3) is 1.00. The van der Waals surface area contributed by atoms with Crippen LogP contribution in [0.2, 0.25) is 0 Å². The lowest BCUT2D eigenvalue weighted by Gasteiger charge is -2.38. The zero-order valence-electron chi connectivity index (χ0n) is 9.23. The van der Waals surface area contributed by atoms with Gasteiger partial charge in [0.1, 0.15) is 6.04 Å². The second-order valence-electron chi connectivity index (χ2n) is 3.30. The number of piperazine rings is 1. The Bertz CT molecular complexity index is 159. The van der Waals surface area contributed by atoms with Crippen LogP contribution in [0.5, 0.6) is 0 Å². The molecule has 1 atom stereocenters. The van der Waals surface area contributed by atoms with Gasteiger partial charge < -0.3 is 4.90 Å². The van der Waals surface area contributed by atoms with Gasteiger partial charge in [-0.15, -0.1) is 0 Å². The van der Waals surface area contributed by atoms with E-state index in [1.807, 2.05) is 13.8 Å². The van der Waals surface area contributed by atoms with Crippen molar-refractivity contribution < 1.29 is 13.2 Å². The van der Waals surface area contributed by atoms with E-state index in [0.717, 1.165) is 0 Å². The first-order valence-electron chi connectivity index (χ1n) is 4.87. The van der Waals surface area contributed by atoms with Gasteiger partial charge >= 0.3 is 6.18 Å². The normalized spacial score (nSPS) is 25.5. The summed E-state index contributed by atoms with van der Waals surface area (Å²) >= 11 is 0. The Labute approximate surface area is 83.7 Å². The summed E-state index contributed by atoms with van der Waals surface area (Å²) in [6.07, 6.45) is -4.09. The van der Waals surface area contributed by atoms with Crippen molar-refractivity contribution in [3.63, 3.8) is 0 Å². The number of hydrogen-bond acceptors (Lipinski definition) is 2. The van der Waals surface area contributed by atoms with E-state index in [-0.39, 0.29) is 6.54 Å². The van der Waals surface area contributed by atoms with Crippen LogP contribution in [0.25, 0.3) is 0 Å². The van der Waals surface area contributed by atoms with Crippen molar-refractivity contribution in [1.29, 1.82) is 0 Å². The highest BCUT2D eigenvalue weighted by atomic mass is 19.4. The molecule has 0 bridgehead atoms. The maximum Gasteiger partial charge on any atom is 0.405 e. The van der Waals surface area contributed by atoms with E-state index in [1.54, 1.807) is 11.9 Å². The van der Waals surface area contributed by atoms with E-state index in [9.17, 15) is 13.2 Å². The first-order valence-corrected chi connectivity index (χ1v) is 4.87. The summed E-state index contributed by atoms with van der Waals surface area (Å²) in [5, 5.41) is 0. The largest absolute Gasteiger partial charge is 0.405 e. The van der Waals surface area contributed by atoms with Crippen LogP contribution < -0.4 is 0 Å². The van der Waals surface area contributed by atoms with Crippen LogP contribution in [0.4, 0.5) is 13.2 Å². The molecular weight excluding hydrogens is 193 g/mol. The Morgan fingerprint density at radius 3 is 1.93 bits per heavy atom. The minimum atomic E-state index is -4.09. The monoisotopic (exact) mass is 212 g/mol. The van der Waals surface area contributed by atoms with Gasteiger partial charge in [-0.2, -0.15) is 13.2 Å². The average molecular weight is 212 g/mol. The average Bonchev–Trinajstić information content (AvgIpc) is 2.11. The summed E-state index contributed by atoms with van der Waals surface area (Å²) in [6, 6.07) is -1.30. The van der Waals surface area contributed by atoms with Gasteiger partial charge in [-0.3, -0.25) is 4.90 Å². The quantitative estimate of drug-likeness (QED) is 0.604. The van der Waals surface area contributed by atoms with Gasteiger partial charge in [-0.1, -0.05) is 13.8 Å². The van der Waals surface area contributed by atoms with Gasteiger partial charge in [0, 0.05) is 19.6 Å². The first kappa shape index (κ1) is 13.7. The maximum atomic E-state index is 12.3. The fourth-order valence-corrected chi connectivity index (χ4v) is 1.36. The van der Waals surface area contributed by atoms with Crippen LogP contribution >= 0.6 is 0 Å². The van der Waals surface area contributed by atoms with Gasteiger partial charge in [0.2, 0.25) is 0 Å². The fourth-order valence-electron chi connectivity index (χ4n) is 1.36. The predicted molar refractivity (Wildman–Crippen MR) is 51.3 cm³/mol. The molecule has 5 heteroatoms. The summed E-state index contributed by atoms with van der Waals surface area (Å²) in [6.45, 7) is 5.28. The van der Waals surface area contributed by atoms with Gasteiger partial charge in [-0.25, -0.2) is 0 Å². The summed E-state index contributed by atoms with van der Waals surface area (Å²) < 4.78 is 36.9. The molecule has 1 aliphatic heterocycles. The van der Waals surface area contributed by atoms with Crippen molar-refractivity contribution in [2.24, 2.45) is 0 Å². The van der Waals surface area contributed by atoms with Crippen LogP contribution in [0.15, 0.2) is 0 Å². The number of nitrogens with zero attached hydrogens (tertiary/aromatic N) is 2. The third-order valence-corrected chi connectivity index (χ3v) is 2.23. The minimum Gasteiger partial charge on any atom is -0.303 e. The lowest BCUT2D eigenvalue weighted by molar-refractivity contribution is -0.191. The zero-order valence-corrected chi connectivity index (χ0v) is 9.23. The molecule has 0 radical (unpaired) electrons. The molecule has 1 heterocycles. The highest BCUT2D eigenvalue weighted by Gasteiger charge is 2.44. The molecule has 0 aromatic rings. The molecule has 0 aliphatic carbocycles. The molecule has 1 rings (SSSR count). The molecule has 1 saturated heterocycles. The molecule has 0 aromatic carbocycles. The van der Waals surface area contributed by atoms with Gasteiger partial charge in [0.15, 0.2) is 0 Å². The molecule has 0 aromatic heterocycles. The molecule has 0 spiro atoms. The van der Waals surface area contributed by atoms with Crippen molar-refractivity contribution in [2.45, 2.75) is 26.1 Å². The third kappa shape index (κ3) is 3.84. The zero-order chi connectivity index (χ0) is 11.4. The molecule has 0 N–H and O–H groups in total. The molecule has 1 unspecified atom stereocenters. The molecule has 2 nitrogen and oxygen atoms in total. The Morgan fingerprint density at radius 2 is 1.57 bits per heavy atom. The summed E-state index contributed by atoms with van der Waals surface area (Å²) in [5.41, 5.74) is 0. The van der Waals surface area contributed by atoms with Crippen molar-refractivity contribution in [3.8, 4) is 0 Å². The highest BCUT2D eigenvalue weighted by Crippen LogP contribution is 2.26. The van der Waals surface area contributed by atoms with Crippen molar-refractivity contribution in [1.82, 2.24) is 9.80 Å². The number of hydrogen-bond donors (Lipinski definition) is 0. The van der Waals surface area contributed by atoms with Crippen molar-refractivity contribution in [2.75, 3.05) is 33.7 Å². The van der Waals surface area contributed by atoms with E-state index in [4.69, 9.17) is 0 Å². The molecule has 14 heavy (non-hydrogen) atoms. The van der Waals surface area contributed by atoms with Crippen molar-refractivity contribution >= 4 is 0 Å². The topological polar surface area (TPSA) is 6.48 Å². The molecular formula is C9H19F3N2. The molecule has 1 fully saturated rings. The van der Waals surface area contributed by atoms with E-state index >= 15 is 0 Å². The maximum absolute atomic E-state index is 12.3. The number of alkyl halides is 3. The Kier molecular flexibility index (Phi) is 5.44. The molecule has 0 amide bonds. The standard InChI is InChI=1S/C7H13F3N2.C2H6/c1-11-3-4-12(2)6(5-11)7(8,9)10;1-2/h6H,3-5H2,1-2H3;1-2H3. The molecule has 86 valence electrons. The molecule has 0 saturated carbocycles. The van der Waals surface area contributed by atoms with E-state index in [0.29, 0.717) is 13.1 Å². The van der Waals surface area contributed by atoms with Crippen LogP contribution in [-0.4, -0.2) is 55.7 Å². The van der Waals surface area contributed by atoms with Crippen LogP contribution in [0.3, 0.4) is 0 Å². The predicted octanol–water partition coefficient (Wildman–Crippen LogP) is 1.82. The minimum absolute atomic E-state index is 0.0833. The van der Waals surface area contributed by atoms with E-state index < -0.39 is 12.2 Å². The number of rotatable bonds is 0. The van der Waals surface area contributed by atoms with Crippen LogP contribution in [-0.2, 0) is 0 Å². The van der Waals surface area contributed by atoms with Gasteiger partial charge in [0.05, 0.1) is 0 Å². The van der Waals surface area contributed by atoms with Crippen LogP contribution in [0, 0.1) is 0 Å². The SMILES string of the molecule is CC.CN1CCN(C)C(C(F)(F)F)C1. The smallest absolute Gasteiger partial charge is 0.303 e. The summed E-state index contributed by atoms with van der Waals surface area (Å²) in [7, 11) is 3.23. The summed E-state index contributed by atoms with van der Waals surface area (Å²) in [4.78, 5) is 3.07. The molecule has 1 aliphatic rings. The third-order valence-electron chi connectivity index (χ3n) is 2.23. The lowest BCUT2D eigenvalue weighted by atomic mass is 10.2. The van der Waals surface area contributed by atoms with E-state index in [1.165, 1.54) is 11.9 Å². The Balaban J connectivity index is 0.000000791. The van der Waals surface area contributed by atoms with E-state index in [2.05, 4.69) is 0 Å². The second-order valence-corrected chi connectivity index (χ2v) is 3.30. The second kappa shape index (κ2) is 5.56.